The van der Waals surface area contributed by atoms with E-state index in [-0.39, 0.29) is 6.10 Å². The van der Waals surface area contributed by atoms with E-state index in [9.17, 15) is 5.11 Å². The molecule has 72 valence electrons. The van der Waals surface area contributed by atoms with Crippen LogP contribution in [-0.2, 0) is 0 Å². The fourth-order valence-electron chi connectivity index (χ4n) is 1.08. The molecule has 0 aliphatic carbocycles. The molecular weight excluding hydrogens is 248 g/mol. The van der Waals surface area contributed by atoms with Crippen LogP contribution in [0.4, 0.5) is 0 Å². The van der Waals surface area contributed by atoms with Gasteiger partial charge in [-0.1, -0.05) is 28.1 Å². The molecular formula is C10H13BrOS. The van der Waals surface area contributed by atoms with Crippen LogP contribution in [0.15, 0.2) is 28.7 Å². The van der Waals surface area contributed by atoms with E-state index in [1.807, 2.05) is 30.5 Å². The van der Waals surface area contributed by atoms with E-state index >= 15 is 0 Å². The lowest BCUT2D eigenvalue weighted by Gasteiger charge is -2.09. The van der Waals surface area contributed by atoms with Crippen LogP contribution in [0.3, 0.4) is 0 Å². The van der Waals surface area contributed by atoms with Crippen molar-refractivity contribution in [3.63, 3.8) is 0 Å². The maximum absolute atomic E-state index is 9.71. The van der Waals surface area contributed by atoms with Crippen molar-refractivity contribution in [1.82, 2.24) is 0 Å². The molecule has 1 nitrogen and oxygen atoms in total. The van der Waals surface area contributed by atoms with Gasteiger partial charge in [0.25, 0.3) is 0 Å². The molecule has 1 aromatic carbocycles. The molecule has 1 aromatic rings. The summed E-state index contributed by atoms with van der Waals surface area (Å²) in [6.45, 7) is 0. The molecule has 0 aliphatic heterocycles. The molecule has 0 aromatic heterocycles. The van der Waals surface area contributed by atoms with Crippen LogP contribution >= 0.6 is 27.7 Å². The van der Waals surface area contributed by atoms with Crippen molar-refractivity contribution >= 4 is 27.7 Å². The highest BCUT2D eigenvalue weighted by Gasteiger charge is 2.05. The Kier molecular flexibility index (Phi) is 4.84. The number of aliphatic hydroxyl groups is 1. The number of benzene rings is 1. The van der Waals surface area contributed by atoms with Crippen molar-refractivity contribution in [1.29, 1.82) is 0 Å². The molecule has 1 rings (SSSR count). The summed E-state index contributed by atoms with van der Waals surface area (Å²) in [5.41, 5.74) is 0.997. The van der Waals surface area contributed by atoms with E-state index in [0.717, 1.165) is 22.2 Å². The molecule has 0 fully saturated rings. The first kappa shape index (κ1) is 11.1. The number of hydrogen-bond acceptors (Lipinski definition) is 2. The van der Waals surface area contributed by atoms with Gasteiger partial charge in [0.05, 0.1) is 6.10 Å². The quantitative estimate of drug-likeness (QED) is 0.897. The lowest BCUT2D eigenvalue weighted by molar-refractivity contribution is 0.175. The van der Waals surface area contributed by atoms with Crippen molar-refractivity contribution < 1.29 is 5.11 Å². The van der Waals surface area contributed by atoms with Gasteiger partial charge in [0.1, 0.15) is 0 Å². The summed E-state index contributed by atoms with van der Waals surface area (Å²) < 4.78 is 1.05. The number of thioether (sulfide) groups is 1. The van der Waals surface area contributed by atoms with Crippen molar-refractivity contribution in [2.24, 2.45) is 0 Å². The zero-order chi connectivity index (χ0) is 9.68. The second-order valence-corrected chi connectivity index (χ2v) is 4.75. The minimum atomic E-state index is -0.319. The van der Waals surface area contributed by atoms with E-state index in [1.165, 1.54) is 0 Å². The van der Waals surface area contributed by atoms with Gasteiger partial charge in [-0.15, -0.1) is 0 Å². The summed E-state index contributed by atoms with van der Waals surface area (Å²) in [7, 11) is 0. The Hall–Kier alpha value is 0.01000. The average Bonchev–Trinajstić information content (AvgIpc) is 2.15. The first-order chi connectivity index (χ1) is 6.24. The molecule has 0 heterocycles. The molecule has 1 unspecified atom stereocenters. The van der Waals surface area contributed by atoms with Crippen molar-refractivity contribution in [3.05, 3.63) is 34.3 Å². The molecule has 0 bridgehead atoms. The van der Waals surface area contributed by atoms with Crippen LogP contribution in [0.2, 0.25) is 0 Å². The third kappa shape index (κ3) is 3.71. The van der Waals surface area contributed by atoms with Gasteiger partial charge in [-0.25, -0.2) is 0 Å². The third-order valence-electron chi connectivity index (χ3n) is 1.85. The van der Waals surface area contributed by atoms with E-state index in [0.29, 0.717) is 0 Å². The van der Waals surface area contributed by atoms with Gasteiger partial charge in [0, 0.05) is 4.47 Å². The van der Waals surface area contributed by atoms with E-state index in [4.69, 9.17) is 0 Å². The van der Waals surface area contributed by atoms with Gasteiger partial charge in [-0.2, -0.15) is 11.8 Å². The highest BCUT2D eigenvalue weighted by molar-refractivity contribution is 9.10. The number of halogens is 1. The minimum Gasteiger partial charge on any atom is -0.388 e. The fraction of sp³-hybridized carbons (Fsp3) is 0.400. The Bertz CT molecular complexity index is 248. The Morgan fingerprint density at radius 2 is 2.00 bits per heavy atom. The SMILES string of the molecule is CSCCC(O)c1ccc(Br)cc1. The standard InChI is InChI=1S/C10H13BrOS/c1-13-7-6-10(12)8-2-4-9(11)5-3-8/h2-5,10,12H,6-7H2,1H3. The molecule has 13 heavy (non-hydrogen) atoms. The topological polar surface area (TPSA) is 20.2 Å². The summed E-state index contributed by atoms with van der Waals surface area (Å²) in [5.74, 6) is 0.997. The summed E-state index contributed by atoms with van der Waals surface area (Å²) in [4.78, 5) is 0. The van der Waals surface area contributed by atoms with Gasteiger partial charge in [-0.3, -0.25) is 0 Å². The predicted octanol–water partition coefficient (Wildman–Crippen LogP) is 3.24. The molecule has 0 spiro atoms. The van der Waals surface area contributed by atoms with Gasteiger partial charge >= 0.3 is 0 Å². The van der Waals surface area contributed by atoms with Crippen LogP contribution in [0, 0.1) is 0 Å². The molecule has 1 atom stereocenters. The Morgan fingerprint density at radius 3 is 2.54 bits per heavy atom. The Labute approximate surface area is 91.7 Å². The van der Waals surface area contributed by atoms with Crippen molar-refractivity contribution in [3.8, 4) is 0 Å². The smallest absolute Gasteiger partial charge is 0.0797 e. The zero-order valence-electron chi connectivity index (χ0n) is 7.53. The van der Waals surface area contributed by atoms with E-state index in [2.05, 4.69) is 15.9 Å². The molecule has 3 heteroatoms. The normalized spacial score (nSPS) is 12.8. The fourth-order valence-corrected chi connectivity index (χ4v) is 1.80. The monoisotopic (exact) mass is 260 g/mol. The summed E-state index contributed by atoms with van der Waals surface area (Å²) >= 11 is 5.12. The van der Waals surface area contributed by atoms with Crippen molar-refractivity contribution in [2.45, 2.75) is 12.5 Å². The lowest BCUT2D eigenvalue weighted by Crippen LogP contribution is -1.98. The van der Waals surface area contributed by atoms with Crippen LogP contribution in [0.25, 0.3) is 0 Å². The van der Waals surface area contributed by atoms with E-state index in [1.54, 1.807) is 11.8 Å². The van der Waals surface area contributed by atoms with Gasteiger partial charge in [-0.05, 0) is 36.1 Å². The lowest BCUT2D eigenvalue weighted by atomic mass is 10.1. The molecule has 0 aliphatic rings. The van der Waals surface area contributed by atoms with Crippen LogP contribution in [0.5, 0.6) is 0 Å². The van der Waals surface area contributed by atoms with Crippen LogP contribution in [-0.4, -0.2) is 17.1 Å². The number of rotatable bonds is 4. The first-order valence-electron chi connectivity index (χ1n) is 4.16. The predicted molar refractivity (Wildman–Crippen MR) is 62.1 cm³/mol. The molecule has 1 N–H and O–H groups in total. The van der Waals surface area contributed by atoms with Gasteiger partial charge in [0.15, 0.2) is 0 Å². The maximum Gasteiger partial charge on any atom is 0.0797 e. The number of aliphatic hydroxyl groups excluding tert-OH is 1. The molecule has 0 radical (unpaired) electrons. The van der Waals surface area contributed by atoms with Gasteiger partial charge < -0.3 is 5.11 Å². The highest BCUT2D eigenvalue weighted by Crippen LogP contribution is 2.20. The van der Waals surface area contributed by atoms with Crippen LogP contribution in [0.1, 0.15) is 18.1 Å². The third-order valence-corrected chi connectivity index (χ3v) is 3.02. The van der Waals surface area contributed by atoms with E-state index < -0.39 is 0 Å². The first-order valence-corrected chi connectivity index (χ1v) is 6.35. The summed E-state index contributed by atoms with van der Waals surface area (Å²) in [6, 6.07) is 7.82. The largest absolute Gasteiger partial charge is 0.388 e. The molecule has 0 amide bonds. The summed E-state index contributed by atoms with van der Waals surface area (Å²) in [6.07, 6.45) is 2.55. The van der Waals surface area contributed by atoms with Crippen LogP contribution < -0.4 is 0 Å². The second-order valence-electron chi connectivity index (χ2n) is 2.85. The maximum atomic E-state index is 9.71. The van der Waals surface area contributed by atoms with Gasteiger partial charge in [0.2, 0.25) is 0 Å². The number of hydrogen-bond donors (Lipinski definition) is 1. The molecule has 0 saturated heterocycles. The highest BCUT2D eigenvalue weighted by atomic mass is 79.9. The zero-order valence-corrected chi connectivity index (χ0v) is 9.94. The minimum absolute atomic E-state index is 0.319. The Morgan fingerprint density at radius 1 is 1.38 bits per heavy atom. The Balaban J connectivity index is 2.55. The van der Waals surface area contributed by atoms with Crippen molar-refractivity contribution in [2.75, 3.05) is 12.0 Å². The summed E-state index contributed by atoms with van der Waals surface area (Å²) in [5, 5.41) is 9.71. The molecule has 0 saturated carbocycles. The second kappa shape index (κ2) is 5.68. The average molecular weight is 261 g/mol.